The molecule has 1 saturated carbocycles. The van der Waals surface area contributed by atoms with Crippen molar-refractivity contribution in [3.05, 3.63) is 34.3 Å². The molecule has 0 radical (unpaired) electrons. The first-order chi connectivity index (χ1) is 8.49. The highest BCUT2D eigenvalue weighted by Gasteiger charge is 2.38. The van der Waals surface area contributed by atoms with Crippen molar-refractivity contribution in [1.29, 1.82) is 0 Å². The zero-order valence-corrected chi connectivity index (χ0v) is 13.0. The lowest BCUT2D eigenvalue weighted by molar-refractivity contribution is 0.479. The van der Waals surface area contributed by atoms with Gasteiger partial charge in [0.1, 0.15) is 0 Å². The highest BCUT2D eigenvalue weighted by atomic mass is 79.9. The molecule has 0 bridgehead atoms. The van der Waals surface area contributed by atoms with Gasteiger partial charge >= 0.3 is 0 Å². The van der Waals surface area contributed by atoms with Crippen LogP contribution < -0.4 is 0 Å². The lowest BCUT2D eigenvalue weighted by Crippen LogP contribution is -2.35. The van der Waals surface area contributed by atoms with Crippen LogP contribution in [0.3, 0.4) is 0 Å². The Morgan fingerprint density at radius 2 is 1.67 bits per heavy atom. The molecule has 0 amide bonds. The van der Waals surface area contributed by atoms with Crippen molar-refractivity contribution in [3.63, 3.8) is 0 Å². The molecule has 2 rings (SSSR count). The summed E-state index contributed by atoms with van der Waals surface area (Å²) in [6, 6.07) is 9.02. The molecule has 1 aliphatic carbocycles. The molecular formula is C14H20BrN3. The topological polar surface area (TPSA) is 18.8 Å². The van der Waals surface area contributed by atoms with E-state index in [-0.39, 0.29) is 0 Å². The van der Waals surface area contributed by atoms with Gasteiger partial charge < -0.3 is 9.80 Å². The van der Waals surface area contributed by atoms with Crippen LogP contribution in [0.4, 0.5) is 0 Å². The average Bonchev–Trinajstić information content (AvgIpc) is 3.05. The Kier molecular flexibility index (Phi) is 3.95. The van der Waals surface area contributed by atoms with E-state index < -0.39 is 0 Å². The molecule has 0 saturated heterocycles. The quantitative estimate of drug-likeness (QED) is 0.618. The van der Waals surface area contributed by atoms with Crippen LogP contribution in [-0.2, 0) is 0 Å². The Balaban J connectivity index is 2.07. The van der Waals surface area contributed by atoms with Crippen LogP contribution in [0.15, 0.2) is 33.7 Å². The second-order valence-corrected chi connectivity index (χ2v) is 6.09. The first-order valence-electron chi connectivity index (χ1n) is 6.17. The standard InChI is InChI=1S/C14H20BrN3/c1-17(2)14(18(3)4)16-13-9-12(13)10-5-7-11(15)8-6-10/h5-8,12-13H,9H2,1-4H3/t12-,13-/m1/s1. The summed E-state index contributed by atoms with van der Waals surface area (Å²) >= 11 is 3.47. The van der Waals surface area contributed by atoms with Gasteiger partial charge in [-0.25, -0.2) is 4.99 Å². The van der Waals surface area contributed by atoms with E-state index in [2.05, 4.69) is 50.0 Å². The fourth-order valence-electron chi connectivity index (χ4n) is 2.17. The Morgan fingerprint density at radius 1 is 1.11 bits per heavy atom. The number of hydrogen-bond donors (Lipinski definition) is 0. The third-order valence-electron chi connectivity index (χ3n) is 3.14. The van der Waals surface area contributed by atoms with Crippen molar-refractivity contribution in [2.24, 2.45) is 4.99 Å². The van der Waals surface area contributed by atoms with E-state index in [1.165, 1.54) is 5.56 Å². The van der Waals surface area contributed by atoms with E-state index in [0.29, 0.717) is 12.0 Å². The van der Waals surface area contributed by atoms with Crippen molar-refractivity contribution < 1.29 is 0 Å². The fraction of sp³-hybridized carbons (Fsp3) is 0.500. The zero-order valence-electron chi connectivity index (χ0n) is 11.4. The summed E-state index contributed by atoms with van der Waals surface area (Å²) in [4.78, 5) is 8.96. The Morgan fingerprint density at radius 3 is 2.17 bits per heavy atom. The van der Waals surface area contributed by atoms with Crippen LogP contribution in [-0.4, -0.2) is 50.0 Å². The molecule has 1 fully saturated rings. The first-order valence-corrected chi connectivity index (χ1v) is 6.96. The van der Waals surface area contributed by atoms with E-state index in [1.54, 1.807) is 0 Å². The predicted molar refractivity (Wildman–Crippen MR) is 80.1 cm³/mol. The monoisotopic (exact) mass is 309 g/mol. The van der Waals surface area contributed by atoms with E-state index in [1.807, 2.05) is 28.2 Å². The van der Waals surface area contributed by atoms with Crippen LogP contribution in [0.1, 0.15) is 17.9 Å². The van der Waals surface area contributed by atoms with Crippen molar-refractivity contribution in [2.75, 3.05) is 28.2 Å². The number of halogens is 1. The van der Waals surface area contributed by atoms with Crippen LogP contribution in [0.2, 0.25) is 0 Å². The third kappa shape index (κ3) is 3.05. The maximum absolute atomic E-state index is 4.82. The number of guanidine groups is 1. The van der Waals surface area contributed by atoms with Crippen molar-refractivity contribution in [2.45, 2.75) is 18.4 Å². The highest BCUT2D eigenvalue weighted by Crippen LogP contribution is 2.43. The summed E-state index contributed by atoms with van der Waals surface area (Å²) in [5.74, 6) is 1.63. The van der Waals surface area contributed by atoms with Crippen molar-refractivity contribution >= 4 is 21.9 Å². The van der Waals surface area contributed by atoms with Crippen LogP contribution in [0.5, 0.6) is 0 Å². The van der Waals surface area contributed by atoms with Gasteiger partial charge in [-0.3, -0.25) is 0 Å². The number of rotatable bonds is 2. The molecule has 18 heavy (non-hydrogen) atoms. The minimum absolute atomic E-state index is 0.436. The third-order valence-corrected chi connectivity index (χ3v) is 3.66. The smallest absolute Gasteiger partial charge is 0.195 e. The van der Waals surface area contributed by atoms with Gasteiger partial charge in [-0.15, -0.1) is 0 Å². The summed E-state index contributed by atoms with van der Waals surface area (Å²) in [6.45, 7) is 0. The van der Waals surface area contributed by atoms with Gasteiger partial charge in [0.2, 0.25) is 0 Å². The Hall–Kier alpha value is -1.03. The summed E-state index contributed by atoms with van der Waals surface area (Å²) in [5, 5.41) is 0. The number of hydrogen-bond acceptors (Lipinski definition) is 1. The van der Waals surface area contributed by atoms with Crippen molar-refractivity contribution in [3.8, 4) is 0 Å². The second-order valence-electron chi connectivity index (χ2n) is 5.18. The van der Waals surface area contributed by atoms with Gasteiger partial charge in [0.25, 0.3) is 0 Å². The minimum atomic E-state index is 0.436. The van der Waals surface area contributed by atoms with Gasteiger partial charge in [-0.2, -0.15) is 0 Å². The van der Waals surface area contributed by atoms with Crippen LogP contribution in [0.25, 0.3) is 0 Å². The molecule has 2 atom stereocenters. The molecule has 1 aromatic rings. The first kappa shape index (κ1) is 13.4. The molecule has 1 aliphatic rings. The van der Waals surface area contributed by atoms with E-state index in [0.717, 1.165) is 16.9 Å². The molecule has 0 N–H and O–H groups in total. The lowest BCUT2D eigenvalue weighted by Gasteiger charge is -2.22. The van der Waals surface area contributed by atoms with E-state index in [4.69, 9.17) is 4.99 Å². The number of benzene rings is 1. The zero-order chi connectivity index (χ0) is 13.3. The molecule has 4 heteroatoms. The molecule has 0 aromatic heterocycles. The maximum atomic E-state index is 4.82. The highest BCUT2D eigenvalue weighted by molar-refractivity contribution is 9.10. The Bertz CT molecular complexity index is 427. The fourth-order valence-corrected chi connectivity index (χ4v) is 2.44. The molecular weight excluding hydrogens is 290 g/mol. The molecule has 0 spiro atoms. The van der Waals surface area contributed by atoms with E-state index >= 15 is 0 Å². The van der Waals surface area contributed by atoms with E-state index in [9.17, 15) is 0 Å². The Labute approximate surface area is 118 Å². The molecule has 3 nitrogen and oxygen atoms in total. The molecule has 98 valence electrons. The average molecular weight is 310 g/mol. The normalized spacial score (nSPS) is 21.4. The van der Waals surface area contributed by atoms with Gasteiger partial charge in [-0.1, -0.05) is 28.1 Å². The summed E-state index contributed by atoms with van der Waals surface area (Å²) in [7, 11) is 8.15. The molecule has 0 heterocycles. The number of nitrogens with zero attached hydrogens (tertiary/aromatic N) is 3. The summed E-state index contributed by atoms with van der Waals surface area (Å²) in [6.07, 6.45) is 1.16. The predicted octanol–water partition coefficient (Wildman–Crippen LogP) is 2.78. The number of aliphatic imine (C=N–C) groups is 1. The van der Waals surface area contributed by atoms with Gasteiger partial charge in [0.05, 0.1) is 6.04 Å². The summed E-state index contributed by atoms with van der Waals surface area (Å²) in [5.41, 5.74) is 1.39. The van der Waals surface area contributed by atoms with Gasteiger partial charge in [-0.05, 0) is 24.1 Å². The van der Waals surface area contributed by atoms with Gasteiger partial charge in [0, 0.05) is 38.6 Å². The minimum Gasteiger partial charge on any atom is -0.349 e. The molecule has 0 aliphatic heterocycles. The maximum Gasteiger partial charge on any atom is 0.195 e. The largest absolute Gasteiger partial charge is 0.349 e. The molecule has 1 aromatic carbocycles. The summed E-state index contributed by atoms with van der Waals surface area (Å²) < 4.78 is 1.13. The van der Waals surface area contributed by atoms with Crippen LogP contribution in [0, 0.1) is 0 Å². The van der Waals surface area contributed by atoms with Crippen molar-refractivity contribution in [1.82, 2.24) is 9.80 Å². The molecule has 0 unspecified atom stereocenters. The second kappa shape index (κ2) is 5.31. The van der Waals surface area contributed by atoms with Crippen LogP contribution >= 0.6 is 15.9 Å². The SMILES string of the molecule is CN(C)C(=N[C@@H]1C[C@@H]1c1ccc(Br)cc1)N(C)C. The lowest BCUT2D eigenvalue weighted by atomic mass is 10.1. The van der Waals surface area contributed by atoms with Gasteiger partial charge in [0.15, 0.2) is 5.96 Å².